The highest BCUT2D eigenvalue weighted by molar-refractivity contribution is 6.26. The minimum Gasteiger partial charge on any atom is -0.455 e. The van der Waals surface area contributed by atoms with Crippen LogP contribution in [0.3, 0.4) is 0 Å². The van der Waals surface area contributed by atoms with Crippen molar-refractivity contribution in [2.45, 2.75) is 0 Å². The molecule has 0 fully saturated rings. The van der Waals surface area contributed by atoms with Crippen LogP contribution in [0.1, 0.15) is 0 Å². The smallest absolute Gasteiger partial charge is 0.231 e. The van der Waals surface area contributed by atoms with E-state index < -0.39 is 0 Å². The van der Waals surface area contributed by atoms with Crippen molar-refractivity contribution in [1.82, 2.24) is 39.9 Å². The van der Waals surface area contributed by atoms with Gasteiger partial charge in [0.15, 0.2) is 46.1 Å². The number of hydrogen-bond acceptors (Lipinski definition) is 12. The Hall–Kier alpha value is -14.4. The molecule has 104 heavy (non-hydrogen) atoms. The van der Waals surface area contributed by atoms with Crippen LogP contribution in [0, 0.1) is 0 Å². The summed E-state index contributed by atoms with van der Waals surface area (Å²) in [7, 11) is 0. The highest BCUT2D eigenvalue weighted by Gasteiger charge is 2.25. The zero-order valence-electron chi connectivity index (χ0n) is 55.4. The number of fused-ring (bicyclic) bond motifs is 14. The molecule has 0 atom stereocenters. The maximum atomic E-state index is 6.58. The molecule has 0 aliphatic heterocycles. The Bertz CT molecular complexity index is 6710. The predicted molar refractivity (Wildman–Crippen MR) is 416 cm³/mol. The summed E-state index contributed by atoms with van der Waals surface area (Å²) < 4.78 is 25.5. The van der Waals surface area contributed by atoms with Crippen LogP contribution in [0.5, 0.6) is 0 Å². The molecule has 0 bridgehead atoms. The van der Waals surface area contributed by atoms with Gasteiger partial charge in [0, 0.05) is 54.9 Å². The van der Waals surface area contributed by atoms with Crippen molar-refractivity contribution < 1.29 is 17.7 Å². The third-order valence-electron chi connectivity index (χ3n) is 19.4. The van der Waals surface area contributed by atoms with Crippen LogP contribution in [0.25, 0.3) is 212 Å². The van der Waals surface area contributed by atoms with Crippen LogP contribution in [0.15, 0.2) is 345 Å². The zero-order chi connectivity index (χ0) is 68.6. The normalized spacial score (nSPS) is 11.7. The third-order valence-corrected chi connectivity index (χ3v) is 19.4. The maximum absolute atomic E-state index is 6.58. The molecule has 0 amide bonds. The Morgan fingerprint density at radius 1 is 0.173 bits per heavy atom. The predicted octanol–water partition coefficient (Wildman–Crippen LogP) is 24.0. The quantitative estimate of drug-likeness (QED) is 0.120. The van der Waals surface area contributed by atoms with Gasteiger partial charge in [-0.1, -0.05) is 273 Å². The lowest BCUT2D eigenvalue weighted by atomic mass is 9.93. The van der Waals surface area contributed by atoms with E-state index in [1.54, 1.807) is 0 Å². The lowest BCUT2D eigenvalue weighted by molar-refractivity contribution is 0.614. The summed E-state index contributed by atoms with van der Waals surface area (Å²) in [6.45, 7) is 0. The molecular weight excluding hydrogens is 1280 g/mol. The average molecular weight is 1340 g/mol. The molecule has 12 nitrogen and oxygen atoms in total. The van der Waals surface area contributed by atoms with Crippen molar-refractivity contribution in [3.05, 3.63) is 328 Å². The molecule has 6 heterocycles. The van der Waals surface area contributed by atoms with E-state index in [2.05, 4.69) is 158 Å². The molecule has 0 unspecified atom stereocenters. The second-order valence-electron chi connectivity index (χ2n) is 25.6. The van der Waals surface area contributed by atoms with E-state index >= 15 is 0 Å². The van der Waals surface area contributed by atoms with Crippen molar-refractivity contribution in [3.63, 3.8) is 0 Å². The third kappa shape index (κ3) is 10.5. The monoisotopic (exact) mass is 1330 g/mol. The molecule has 21 rings (SSSR count). The summed E-state index contributed by atoms with van der Waals surface area (Å²) in [6, 6.07) is 111. The summed E-state index contributed by atoms with van der Waals surface area (Å²) in [5.74, 6) is 4.51. The van der Waals surface area contributed by atoms with Crippen LogP contribution in [-0.2, 0) is 0 Å². The number of rotatable bonds is 10. The first-order valence-corrected chi connectivity index (χ1v) is 34.4. The number of oxazole rings is 2. The highest BCUT2D eigenvalue weighted by atomic mass is 16.4. The van der Waals surface area contributed by atoms with Crippen molar-refractivity contribution in [2.24, 2.45) is 0 Å². The van der Waals surface area contributed by atoms with Crippen LogP contribution in [-0.4, -0.2) is 39.9 Å². The van der Waals surface area contributed by atoms with Gasteiger partial charge in [-0.3, -0.25) is 0 Å². The fraction of sp³-hybridized carbons (Fsp3) is 0. The highest BCUT2D eigenvalue weighted by Crippen LogP contribution is 2.45. The van der Waals surface area contributed by atoms with Crippen molar-refractivity contribution in [3.8, 4) is 113 Å². The number of para-hydroxylation sites is 6. The fourth-order valence-corrected chi connectivity index (χ4v) is 14.4. The summed E-state index contributed by atoms with van der Waals surface area (Å²) in [4.78, 5) is 40.2. The zero-order valence-corrected chi connectivity index (χ0v) is 55.4. The van der Waals surface area contributed by atoms with Crippen LogP contribution in [0.4, 0.5) is 0 Å². The van der Waals surface area contributed by atoms with E-state index in [1.807, 2.05) is 170 Å². The molecule has 0 aliphatic rings. The summed E-state index contributed by atoms with van der Waals surface area (Å²) in [5.41, 5.74) is 17.3. The molecule has 0 spiro atoms. The summed E-state index contributed by atoms with van der Waals surface area (Å²) in [5, 5.41) is 10.9. The standard InChI is InChI=1S/C46H26N4O2.C46H28N4O2/c1-2-12-27(13-3-1)43-48-44(28-24-25-33-31-16-5-4-14-29(31)30-15-6-7-17-32(30)37(33)26-28)50-45(49-43)35-19-11-23-40-41(35)34-18-10-20-36(42(34)51-40)46-47-38-21-8-9-22-39(38)52-46;1-3-11-29(12-4-1)31-21-25-33(26-22-31)43-48-44(34-27-23-32(24-28-34)30-13-5-2-6-14-30)50-45(49-43)36-16-10-20-40-41(36)35-15-9-17-37(42(35)51-40)46-47-38-18-7-8-19-39(38)52-46/h1-26H;1-28H. The summed E-state index contributed by atoms with van der Waals surface area (Å²) >= 11 is 0. The van der Waals surface area contributed by atoms with Crippen LogP contribution in [0.2, 0.25) is 0 Å². The van der Waals surface area contributed by atoms with Gasteiger partial charge in [0.1, 0.15) is 33.4 Å². The Balaban J connectivity index is 0.000000139. The van der Waals surface area contributed by atoms with Crippen molar-refractivity contribution in [2.75, 3.05) is 0 Å². The Morgan fingerprint density at radius 3 is 0.913 bits per heavy atom. The fourth-order valence-electron chi connectivity index (χ4n) is 14.4. The molecule has 6 aromatic heterocycles. The number of benzene rings is 15. The average Bonchev–Trinajstić information content (AvgIpc) is 0.813. The van der Waals surface area contributed by atoms with Gasteiger partial charge in [-0.25, -0.2) is 39.9 Å². The first-order valence-electron chi connectivity index (χ1n) is 34.4. The van der Waals surface area contributed by atoms with E-state index in [1.165, 1.54) is 26.9 Å². The Morgan fingerprint density at radius 2 is 0.471 bits per heavy atom. The maximum Gasteiger partial charge on any atom is 0.231 e. The summed E-state index contributed by atoms with van der Waals surface area (Å²) in [6.07, 6.45) is 0. The van der Waals surface area contributed by atoms with Gasteiger partial charge in [0.2, 0.25) is 11.8 Å². The van der Waals surface area contributed by atoms with Gasteiger partial charge in [-0.2, -0.15) is 0 Å². The van der Waals surface area contributed by atoms with Gasteiger partial charge in [-0.15, -0.1) is 0 Å². The molecule has 0 radical (unpaired) electrons. The Labute approximate surface area is 593 Å². The van der Waals surface area contributed by atoms with E-state index in [4.69, 9.17) is 57.5 Å². The Kier molecular flexibility index (Phi) is 14.2. The lowest BCUT2D eigenvalue weighted by Gasteiger charge is -2.12. The van der Waals surface area contributed by atoms with E-state index in [0.717, 1.165) is 127 Å². The number of nitrogens with zero attached hydrogens (tertiary/aromatic N) is 8. The molecule has 0 N–H and O–H groups in total. The first kappa shape index (κ1) is 59.7. The van der Waals surface area contributed by atoms with Crippen LogP contribution >= 0.6 is 0 Å². The molecule has 12 heteroatoms. The lowest BCUT2D eigenvalue weighted by Crippen LogP contribution is -2.00. The molecule has 15 aromatic carbocycles. The topological polar surface area (TPSA) is 156 Å². The molecule has 0 saturated carbocycles. The largest absolute Gasteiger partial charge is 0.455 e. The molecule has 0 aliphatic carbocycles. The molecule has 486 valence electrons. The second kappa shape index (κ2) is 24.8. The van der Waals surface area contributed by atoms with Gasteiger partial charge in [0.25, 0.3) is 0 Å². The van der Waals surface area contributed by atoms with Crippen LogP contribution < -0.4 is 0 Å². The minimum atomic E-state index is 0.509. The van der Waals surface area contributed by atoms with E-state index in [0.29, 0.717) is 57.9 Å². The van der Waals surface area contributed by atoms with E-state index in [9.17, 15) is 0 Å². The minimum absolute atomic E-state index is 0.509. The molecule has 0 saturated heterocycles. The second-order valence-corrected chi connectivity index (χ2v) is 25.6. The number of aromatic nitrogens is 8. The van der Waals surface area contributed by atoms with Crippen molar-refractivity contribution in [1.29, 1.82) is 0 Å². The molecular formula is C92H54N8O4. The van der Waals surface area contributed by atoms with Gasteiger partial charge >= 0.3 is 0 Å². The SMILES string of the molecule is c1ccc(-c2ccc(-c3nc(-c4ccc(-c5ccccc5)cc4)nc(-c4cccc5oc6c(-c7nc8ccccc8o7)cccc6c45)n3)cc2)cc1.c1ccc(-c2nc(-c3ccc4c5ccccc5c5ccccc5c4c3)nc(-c3cccc4oc5c(-c6nc7ccccc7o6)cccc5c34)n2)cc1. The van der Waals surface area contributed by atoms with Gasteiger partial charge in [0.05, 0.1) is 11.1 Å². The van der Waals surface area contributed by atoms with Crippen molar-refractivity contribution >= 4 is 98.4 Å². The molecule has 21 aromatic rings. The van der Waals surface area contributed by atoms with Gasteiger partial charge < -0.3 is 17.7 Å². The first-order chi connectivity index (χ1) is 51.5. The van der Waals surface area contributed by atoms with E-state index in [-0.39, 0.29) is 0 Å². The number of furan rings is 2. The number of hydrogen-bond donors (Lipinski definition) is 0. The van der Waals surface area contributed by atoms with Gasteiger partial charge in [-0.05, 0) is 109 Å².